The standard InChI is InChI=1S/C15H25N5O2/c1-6-8-19(9-7-2)13(12(3)4)10-16-14-15(20(21)22)17-11-18(14)5/h6-7,11-13,16H,1-2,8-10H2,3-5H3/t13-/m0/s1. The number of imidazole rings is 1. The SMILES string of the molecule is C=CCN(CC=C)[C@@H](CNc1c([N+](=O)[O-])ncn1C)C(C)C. The van der Waals surface area contributed by atoms with E-state index < -0.39 is 4.92 Å². The van der Waals surface area contributed by atoms with Gasteiger partial charge in [-0.05, 0) is 15.8 Å². The second kappa shape index (κ2) is 8.33. The highest BCUT2D eigenvalue weighted by molar-refractivity contribution is 5.52. The Morgan fingerprint density at radius 2 is 2.05 bits per heavy atom. The highest BCUT2D eigenvalue weighted by Gasteiger charge is 2.24. The minimum absolute atomic E-state index is 0.149. The molecule has 0 unspecified atom stereocenters. The van der Waals surface area contributed by atoms with Gasteiger partial charge in [-0.25, -0.2) is 0 Å². The molecule has 0 aliphatic carbocycles. The van der Waals surface area contributed by atoms with Gasteiger partial charge in [0.15, 0.2) is 0 Å². The Morgan fingerprint density at radius 3 is 2.50 bits per heavy atom. The van der Waals surface area contributed by atoms with Crippen LogP contribution in [0.2, 0.25) is 0 Å². The summed E-state index contributed by atoms with van der Waals surface area (Å²) < 4.78 is 1.63. The minimum Gasteiger partial charge on any atom is -0.363 e. The molecular formula is C15H25N5O2. The van der Waals surface area contributed by atoms with Crippen LogP contribution in [0, 0.1) is 16.0 Å². The summed E-state index contributed by atoms with van der Waals surface area (Å²) in [6.07, 6.45) is 5.15. The van der Waals surface area contributed by atoms with Crippen LogP contribution in [0.15, 0.2) is 31.6 Å². The Morgan fingerprint density at radius 1 is 1.45 bits per heavy atom. The molecule has 0 aliphatic rings. The van der Waals surface area contributed by atoms with E-state index >= 15 is 0 Å². The van der Waals surface area contributed by atoms with Crippen LogP contribution < -0.4 is 5.32 Å². The summed E-state index contributed by atoms with van der Waals surface area (Å²) >= 11 is 0. The monoisotopic (exact) mass is 307 g/mol. The molecule has 0 bridgehead atoms. The van der Waals surface area contributed by atoms with Crippen molar-refractivity contribution in [1.82, 2.24) is 14.5 Å². The Balaban J connectivity index is 2.88. The van der Waals surface area contributed by atoms with Gasteiger partial charge in [0.1, 0.15) is 0 Å². The lowest BCUT2D eigenvalue weighted by molar-refractivity contribution is -0.388. The summed E-state index contributed by atoms with van der Waals surface area (Å²) in [7, 11) is 1.73. The predicted molar refractivity (Wildman–Crippen MR) is 88.9 cm³/mol. The molecule has 0 spiro atoms. The second-order valence-electron chi connectivity index (χ2n) is 5.51. The van der Waals surface area contributed by atoms with Crippen molar-refractivity contribution in [2.45, 2.75) is 19.9 Å². The number of rotatable bonds is 10. The zero-order valence-corrected chi connectivity index (χ0v) is 13.5. The first kappa shape index (κ1) is 17.9. The predicted octanol–water partition coefficient (Wildman–Crippen LogP) is 2.44. The van der Waals surface area contributed by atoms with Gasteiger partial charge in [0.2, 0.25) is 12.1 Å². The van der Waals surface area contributed by atoms with Crippen molar-refractivity contribution >= 4 is 11.6 Å². The molecule has 7 heteroatoms. The number of nitro groups is 1. The van der Waals surface area contributed by atoms with E-state index in [-0.39, 0.29) is 11.9 Å². The molecule has 0 amide bonds. The maximum Gasteiger partial charge on any atom is 0.406 e. The van der Waals surface area contributed by atoms with E-state index in [9.17, 15) is 10.1 Å². The molecule has 1 atom stereocenters. The van der Waals surface area contributed by atoms with Gasteiger partial charge in [0.25, 0.3) is 0 Å². The number of anilines is 1. The topological polar surface area (TPSA) is 76.2 Å². The van der Waals surface area contributed by atoms with Gasteiger partial charge in [0.05, 0.1) is 0 Å². The Hall–Kier alpha value is -2.15. The zero-order chi connectivity index (χ0) is 16.7. The van der Waals surface area contributed by atoms with Gasteiger partial charge in [0, 0.05) is 32.7 Å². The first-order valence-corrected chi connectivity index (χ1v) is 7.27. The first-order chi connectivity index (χ1) is 10.4. The summed E-state index contributed by atoms with van der Waals surface area (Å²) in [5.41, 5.74) is 0. The van der Waals surface area contributed by atoms with E-state index in [2.05, 4.69) is 42.2 Å². The molecule has 1 heterocycles. The molecule has 0 aliphatic heterocycles. The van der Waals surface area contributed by atoms with Gasteiger partial charge in [-0.2, -0.15) is 0 Å². The van der Waals surface area contributed by atoms with E-state index in [0.717, 1.165) is 13.1 Å². The van der Waals surface area contributed by atoms with Gasteiger partial charge in [-0.15, -0.1) is 13.2 Å². The maximum atomic E-state index is 11.0. The Bertz CT molecular complexity index is 514. The van der Waals surface area contributed by atoms with E-state index in [1.807, 2.05) is 12.2 Å². The molecule has 1 rings (SSSR count). The summed E-state index contributed by atoms with van der Waals surface area (Å²) in [6.45, 7) is 13.9. The van der Waals surface area contributed by atoms with Crippen LogP contribution in [0.1, 0.15) is 13.8 Å². The summed E-state index contributed by atoms with van der Waals surface area (Å²) in [5, 5.41) is 14.2. The lowest BCUT2D eigenvalue weighted by Gasteiger charge is -2.33. The number of nitrogens with one attached hydrogen (secondary N) is 1. The Kier molecular flexibility index (Phi) is 6.78. The molecule has 0 fully saturated rings. The average Bonchev–Trinajstić information content (AvgIpc) is 2.80. The van der Waals surface area contributed by atoms with Gasteiger partial charge in [-0.1, -0.05) is 26.0 Å². The second-order valence-corrected chi connectivity index (χ2v) is 5.51. The molecule has 0 aromatic carbocycles. The average molecular weight is 307 g/mol. The lowest BCUT2D eigenvalue weighted by atomic mass is 10.0. The first-order valence-electron chi connectivity index (χ1n) is 7.27. The molecule has 1 aromatic rings. The normalized spacial score (nSPS) is 12.4. The third kappa shape index (κ3) is 4.42. The Labute approximate surface area is 131 Å². The molecule has 1 aromatic heterocycles. The summed E-state index contributed by atoms with van der Waals surface area (Å²) in [6, 6.07) is 0.200. The van der Waals surface area contributed by atoms with Crippen molar-refractivity contribution in [3.8, 4) is 0 Å². The largest absolute Gasteiger partial charge is 0.406 e. The number of aromatic nitrogens is 2. The van der Waals surface area contributed by atoms with Crippen molar-refractivity contribution in [3.05, 3.63) is 41.8 Å². The van der Waals surface area contributed by atoms with E-state index in [1.54, 1.807) is 11.6 Å². The maximum absolute atomic E-state index is 11.0. The third-order valence-corrected chi connectivity index (χ3v) is 3.54. The van der Waals surface area contributed by atoms with Crippen LogP contribution in [-0.4, -0.2) is 45.1 Å². The minimum atomic E-state index is -0.474. The third-order valence-electron chi connectivity index (χ3n) is 3.54. The highest BCUT2D eigenvalue weighted by Crippen LogP contribution is 2.22. The molecule has 0 saturated carbocycles. The van der Waals surface area contributed by atoms with Crippen LogP contribution in [-0.2, 0) is 7.05 Å². The molecule has 0 radical (unpaired) electrons. The molecular weight excluding hydrogens is 282 g/mol. The van der Waals surface area contributed by atoms with Crippen molar-refractivity contribution in [2.24, 2.45) is 13.0 Å². The molecule has 0 saturated heterocycles. The van der Waals surface area contributed by atoms with Crippen molar-refractivity contribution < 1.29 is 4.92 Å². The van der Waals surface area contributed by atoms with E-state index in [1.165, 1.54) is 6.33 Å². The zero-order valence-electron chi connectivity index (χ0n) is 13.5. The number of hydrogen-bond acceptors (Lipinski definition) is 5. The summed E-state index contributed by atoms with van der Waals surface area (Å²) in [4.78, 5) is 16.6. The van der Waals surface area contributed by atoms with E-state index in [4.69, 9.17) is 0 Å². The van der Waals surface area contributed by atoms with Gasteiger partial charge >= 0.3 is 5.82 Å². The van der Waals surface area contributed by atoms with Crippen LogP contribution in [0.4, 0.5) is 11.6 Å². The van der Waals surface area contributed by atoms with Crippen molar-refractivity contribution in [1.29, 1.82) is 0 Å². The summed E-state index contributed by atoms with van der Waals surface area (Å²) in [5.74, 6) is 0.650. The highest BCUT2D eigenvalue weighted by atomic mass is 16.6. The van der Waals surface area contributed by atoms with Crippen LogP contribution in [0.3, 0.4) is 0 Å². The fourth-order valence-corrected chi connectivity index (χ4v) is 2.42. The molecule has 122 valence electrons. The van der Waals surface area contributed by atoms with E-state index in [0.29, 0.717) is 18.3 Å². The number of nitrogens with zero attached hydrogens (tertiary/aromatic N) is 4. The quantitative estimate of drug-likeness (QED) is 0.408. The van der Waals surface area contributed by atoms with Crippen molar-refractivity contribution in [3.63, 3.8) is 0 Å². The van der Waals surface area contributed by atoms with Crippen molar-refractivity contribution in [2.75, 3.05) is 25.0 Å². The molecule has 1 N–H and O–H groups in total. The smallest absolute Gasteiger partial charge is 0.363 e. The number of aryl methyl sites for hydroxylation is 1. The lowest BCUT2D eigenvalue weighted by Crippen LogP contribution is -2.44. The molecule has 7 nitrogen and oxygen atoms in total. The van der Waals surface area contributed by atoms with Gasteiger partial charge < -0.3 is 15.4 Å². The van der Waals surface area contributed by atoms with Crippen LogP contribution in [0.25, 0.3) is 0 Å². The van der Waals surface area contributed by atoms with Gasteiger partial charge in [-0.3, -0.25) is 9.47 Å². The number of hydrogen-bond donors (Lipinski definition) is 1. The molecule has 22 heavy (non-hydrogen) atoms. The van der Waals surface area contributed by atoms with Crippen LogP contribution in [0.5, 0.6) is 0 Å². The fraction of sp³-hybridized carbons (Fsp3) is 0.533. The van der Waals surface area contributed by atoms with Crippen LogP contribution >= 0.6 is 0 Å². The fourth-order valence-electron chi connectivity index (χ4n) is 2.42.